The van der Waals surface area contributed by atoms with Crippen molar-refractivity contribution in [3.8, 4) is 0 Å². The first-order valence-electron chi connectivity index (χ1n) is 6.71. The summed E-state index contributed by atoms with van der Waals surface area (Å²) in [7, 11) is 0. The number of aliphatic hydroxyl groups is 2. The van der Waals surface area contributed by atoms with E-state index in [1.807, 2.05) is 0 Å². The second-order valence-electron chi connectivity index (χ2n) is 5.00. The van der Waals surface area contributed by atoms with E-state index < -0.39 is 40.2 Å². The molecule has 0 saturated heterocycles. The maximum Gasteiger partial charge on any atom is 0.164 e. The Morgan fingerprint density at radius 3 is 2.29 bits per heavy atom. The summed E-state index contributed by atoms with van der Waals surface area (Å²) in [5, 5.41) is 18.3. The number of halogens is 4. The van der Waals surface area contributed by atoms with E-state index in [4.69, 9.17) is 10.8 Å². The fourth-order valence-corrected chi connectivity index (χ4v) is 2.19. The van der Waals surface area contributed by atoms with Gasteiger partial charge < -0.3 is 15.9 Å². The largest absolute Gasteiger partial charge is 0.512 e. The molecule has 0 spiro atoms. The van der Waals surface area contributed by atoms with Crippen LogP contribution >= 0.6 is 0 Å². The molecule has 0 aromatic heterocycles. The molecule has 24 heavy (non-hydrogen) atoms. The zero-order chi connectivity index (χ0) is 18.0. The minimum atomic E-state index is -1.34. The highest BCUT2D eigenvalue weighted by Gasteiger charge is 2.20. The third-order valence-electron chi connectivity index (χ3n) is 3.39. The van der Waals surface area contributed by atoms with Crippen LogP contribution in [0.3, 0.4) is 0 Å². The Kier molecular flexibility index (Phi) is 4.82. The second-order valence-corrected chi connectivity index (χ2v) is 5.00. The lowest BCUT2D eigenvalue weighted by molar-refractivity contribution is 0.377. The molecule has 7 heteroatoms. The normalized spacial score (nSPS) is 12.5. The molecular weight excluding hydrogens is 326 g/mol. The number of hydrogen-bond donors (Lipinski definition) is 3. The predicted octanol–water partition coefficient (Wildman–Crippen LogP) is 4.52. The van der Waals surface area contributed by atoms with Crippen molar-refractivity contribution in [2.45, 2.75) is 6.92 Å². The summed E-state index contributed by atoms with van der Waals surface area (Å²) < 4.78 is 54.8. The quantitative estimate of drug-likeness (QED) is 0.253. The Balaban J connectivity index is 2.81. The molecule has 2 rings (SSSR count). The lowest BCUT2D eigenvalue weighted by Gasteiger charge is -2.14. The van der Waals surface area contributed by atoms with Crippen molar-refractivity contribution in [1.29, 1.82) is 0 Å². The van der Waals surface area contributed by atoms with Crippen molar-refractivity contribution in [2.75, 3.05) is 5.73 Å². The van der Waals surface area contributed by atoms with Crippen LogP contribution < -0.4 is 5.73 Å². The first-order valence-corrected chi connectivity index (χ1v) is 6.71. The van der Waals surface area contributed by atoms with E-state index in [9.17, 15) is 22.7 Å². The van der Waals surface area contributed by atoms with Crippen LogP contribution in [0.25, 0.3) is 5.57 Å². The maximum atomic E-state index is 14.4. The Morgan fingerprint density at radius 2 is 1.71 bits per heavy atom. The summed E-state index contributed by atoms with van der Waals surface area (Å²) in [6.07, 6.45) is 1.23. The summed E-state index contributed by atoms with van der Waals surface area (Å²) in [5.74, 6) is -5.06. The van der Waals surface area contributed by atoms with Crippen molar-refractivity contribution in [2.24, 2.45) is 0 Å². The third kappa shape index (κ3) is 3.19. The van der Waals surface area contributed by atoms with Crippen molar-refractivity contribution in [3.63, 3.8) is 0 Å². The summed E-state index contributed by atoms with van der Waals surface area (Å²) in [4.78, 5) is 0. The molecule has 4 N–H and O–H groups in total. The van der Waals surface area contributed by atoms with Crippen LogP contribution in [0.2, 0.25) is 0 Å². The number of nitrogens with two attached hydrogens (primary N) is 1. The third-order valence-corrected chi connectivity index (χ3v) is 3.39. The van der Waals surface area contributed by atoms with Gasteiger partial charge in [0, 0.05) is 22.4 Å². The first kappa shape index (κ1) is 17.4. The highest BCUT2D eigenvalue weighted by atomic mass is 19.2. The van der Waals surface area contributed by atoms with Gasteiger partial charge in [-0.3, -0.25) is 0 Å². The second kappa shape index (κ2) is 6.66. The number of anilines is 1. The average Bonchev–Trinajstić information content (AvgIpc) is 2.54. The molecule has 0 unspecified atom stereocenters. The summed E-state index contributed by atoms with van der Waals surface area (Å²) in [6, 6.07) is 3.77. The smallest absolute Gasteiger partial charge is 0.164 e. The maximum absolute atomic E-state index is 14.4. The molecule has 2 aromatic rings. The molecule has 0 aliphatic heterocycles. The molecule has 126 valence electrons. The summed E-state index contributed by atoms with van der Waals surface area (Å²) in [6.45, 7) is 1.05. The molecule has 2 aromatic carbocycles. The predicted molar refractivity (Wildman–Crippen MR) is 82.3 cm³/mol. The van der Waals surface area contributed by atoms with Gasteiger partial charge in [-0.05, 0) is 42.8 Å². The van der Waals surface area contributed by atoms with Gasteiger partial charge >= 0.3 is 0 Å². The molecule has 0 atom stereocenters. The average molecular weight is 339 g/mol. The van der Waals surface area contributed by atoms with Crippen molar-refractivity contribution in [1.82, 2.24) is 0 Å². The Bertz CT molecular complexity index is 860. The molecule has 0 aliphatic carbocycles. The standard InChI is InChI=1S/C17H13F4NO2/c1-8-16(20)13(6-14(19)17(8)21)12(5-10(24)7-23)11-3-2-9(18)4-15(11)22/h2-7,23-24H,22H2,1H3/b10-7+,12-5-. The molecular formula is C17H13F4NO2. The number of aliphatic hydroxyl groups excluding tert-OH is 2. The van der Waals surface area contributed by atoms with Gasteiger partial charge in [0.1, 0.15) is 23.7 Å². The van der Waals surface area contributed by atoms with Gasteiger partial charge in [0.25, 0.3) is 0 Å². The van der Waals surface area contributed by atoms with Crippen LogP contribution in [0.15, 0.2) is 42.4 Å². The molecule has 0 amide bonds. The summed E-state index contributed by atoms with van der Waals surface area (Å²) in [5.41, 5.74) is 4.52. The highest BCUT2D eigenvalue weighted by Crippen LogP contribution is 2.33. The van der Waals surface area contributed by atoms with Crippen LogP contribution in [0.5, 0.6) is 0 Å². The number of allylic oxidation sites excluding steroid dienone is 1. The van der Waals surface area contributed by atoms with Gasteiger partial charge in [-0.1, -0.05) is 0 Å². The Morgan fingerprint density at radius 1 is 1.04 bits per heavy atom. The monoisotopic (exact) mass is 339 g/mol. The number of benzene rings is 2. The van der Waals surface area contributed by atoms with Gasteiger partial charge in [-0.25, -0.2) is 17.6 Å². The van der Waals surface area contributed by atoms with Crippen LogP contribution in [-0.2, 0) is 0 Å². The molecule has 0 bridgehead atoms. The van der Waals surface area contributed by atoms with Crippen LogP contribution in [0.4, 0.5) is 23.2 Å². The first-order chi connectivity index (χ1) is 11.3. The van der Waals surface area contributed by atoms with Crippen molar-refractivity contribution in [3.05, 3.63) is 82.3 Å². The van der Waals surface area contributed by atoms with Crippen LogP contribution in [-0.4, -0.2) is 10.2 Å². The Hall–Kier alpha value is -2.96. The summed E-state index contributed by atoms with van der Waals surface area (Å²) >= 11 is 0. The number of hydrogen-bond acceptors (Lipinski definition) is 3. The van der Waals surface area contributed by atoms with Crippen LogP contribution in [0.1, 0.15) is 16.7 Å². The van der Waals surface area contributed by atoms with Gasteiger partial charge in [0.05, 0.1) is 0 Å². The zero-order valence-corrected chi connectivity index (χ0v) is 12.4. The lowest BCUT2D eigenvalue weighted by Crippen LogP contribution is -2.03. The van der Waals surface area contributed by atoms with Crippen molar-refractivity contribution >= 4 is 11.3 Å². The zero-order valence-electron chi connectivity index (χ0n) is 12.4. The van der Waals surface area contributed by atoms with E-state index in [1.165, 1.54) is 6.07 Å². The SMILES string of the molecule is Cc1c(F)c(F)cc(/C(=C\C(O)=C/O)c2ccc(F)cc2N)c1F. The minimum Gasteiger partial charge on any atom is -0.512 e. The molecule has 0 saturated carbocycles. The fraction of sp³-hybridized carbons (Fsp3) is 0.0588. The van der Waals surface area contributed by atoms with Gasteiger partial charge in [-0.2, -0.15) is 0 Å². The van der Waals surface area contributed by atoms with E-state index in [2.05, 4.69) is 0 Å². The van der Waals surface area contributed by atoms with Gasteiger partial charge in [-0.15, -0.1) is 0 Å². The van der Waals surface area contributed by atoms with Crippen molar-refractivity contribution < 1.29 is 27.8 Å². The van der Waals surface area contributed by atoms with E-state index in [0.29, 0.717) is 12.3 Å². The highest BCUT2D eigenvalue weighted by molar-refractivity contribution is 5.87. The fourth-order valence-electron chi connectivity index (χ4n) is 2.19. The molecule has 0 heterocycles. The minimum absolute atomic E-state index is 0.0640. The van der Waals surface area contributed by atoms with E-state index in [-0.39, 0.29) is 16.8 Å². The van der Waals surface area contributed by atoms with E-state index >= 15 is 0 Å². The van der Waals surface area contributed by atoms with Gasteiger partial charge in [0.2, 0.25) is 0 Å². The lowest BCUT2D eigenvalue weighted by atomic mass is 9.93. The van der Waals surface area contributed by atoms with Gasteiger partial charge in [0.15, 0.2) is 11.6 Å². The number of rotatable bonds is 3. The molecule has 0 aliphatic rings. The van der Waals surface area contributed by atoms with Crippen LogP contribution in [0, 0.1) is 30.2 Å². The molecule has 0 fully saturated rings. The Labute approximate surface area is 135 Å². The molecule has 3 nitrogen and oxygen atoms in total. The molecule has 0 radical (unpaired) electrons. The number of nitrogen functional groups attached to an aromatic ring is 1. The topological polar surface area (TPSA) is 66.5 Å². The van der Waals surface area contributed by atoms with E-state index in [1.54, 1.807) is 0 Å². The van der Waals surface area contributed by atoms with E-state index in [0.717, 1.165) is 25.1 Å².